The van der Waals surface area contributed by atoms with Crippen LogP contribution in [0.3, 0.4) is 0 Å². The lowest BCUT2D eigenvalue weighted by atomic mass is 9.34. The summed E-state index contributed by atoms with van der Waals surface area (Å²) in [7, 11) is 30.2. The number of carbonyl (C=O) groups is 1. The number of halogens is 1. The molecule has 0 fully saturated rings. The molecule has 90 valence electrons. The molecular weight excluding hydrogens is 274 g/mol. The summed E-state index contributed by atoms with van der Waals surface area (Å²) in [5.41, 5.74) is 6.03. The van der Waals surface area contributed by atoms with Gasteiger partial charge in [0.05, 0.1) is 13.4 Å². The van der Waals surface area contributed by atoms with Crippen LogP contribution < -0.4 is 33.0 Å². The Bertz CT molecular complexity index is 722. The van der Waals surface area contributed by atoms with E-state index in [1.54, 1.807) is 6.08 Å². The predicted octanol–water partition coefficient (Wildman–Crippen LogP) is -4.14. The number of allylic oxidation sites excluding steroid dienone is 1. The highest BCUT2D eigenvalue weighted by Gasteiger charge is 2.63. The van der Waals surface area contributed by atoms with Crippen molar-refractivity contribution in [3.05, 3.63) is 17.7 Å². The Hall–Kier alpha value is -0.730. The molecule has 1 aromatic rings. The van der Waals surface area contributed by atoms with Gasteiger partial charge in [0.2, 0.25) is 0 Å². The van der Waals surface area contributed by atoms with Crippen molar-refractivity contribution in [3.8, 4) is 0 Å². The van der Waals surface area contributed by atoms with Crippen molar-refractivity contribution < 1.29 is 4.79 Å². The SMILES string of the molecule is [B]c1c([B])c([B])c2c(c1[B])B(Cl)C1([B])CC=CC(=O)C21N. The number of ketones is 1. The van der Waals surface area contributed by atoms with Gasteiger partial charge in [0.1, 0.15) is 31.4 Å². The lowest BCUT2D eigenvalue weighted by Gasteiger charge is -2.43. The van der Waals surface area contributed by atoms with Crippen LogP contribution in [0.1, 0.15) is 12.0 Å². The van der Waals surface area contributed by atoms with E-state index in [1.165, 1.54) is 6.08 Å². The average Bonchev–Trinajstić information content (AvgIpc) is 2.63. The van der Waals surface area contributed by atoms with Crippen molar-refractivity contribution in [2.45, 2.75) is 17.2 Å². The fourth-order valence-electron chi connectivity index (χ4n) is 3.34. The molecule has 9 heteroatoms. The first-order valence-electron chi connectivity index (χ1n) is 6.37. The molecule has 0 saturated heterocycles. The molecule has 1 aromatic carbocycles. The average molecular weight is 281 g/mol. The van der Waals surface area contributed by atoms with E-state index in [1.807, 2.05) is 0 Å². The number of hydrogen-bond donors (Lipinski definition) is 1. The highest BCUT2D eigenvalue weighted by atomic mass is 35.5. The third-order valence-electron chi connectivity index (χ3n) is 4.65. The van der Waals surface area contributed by atoms with Crippen LogP contribution >= 0.6 is 11.5 Å². The van der Waals surface area contributed by atoms with Crippen molar-refractivity contribution in [3.63, 3.8) is 0 Å². The largest absolute Gasteiger partial charge is 0.316 e. The first kappa shape index (κ1) is 15.2. The van der Waals surface area contributed by atoms with E-state index >= 15 is 0 Å². The molecule has 2 N–H and O–H groups in total. The Morgan fingerprint density at radius 1 is 1.14 bits per heavy atom. The minimum atomic E-state index is -1.57. The van der Waals surface area contributed by atoms with Gasteiger partial charge in [0.25, 0.3) is 6.13 Å². The molecule has 0 amide bonds. The maximum Gasteiger partial charge on any atom is 0.283 e. The Balaban J connectivity index is 2.48. The summed E-state index contributed by atoms with van der Waals surface area (Å²) in [5, 5.41) is -1.23. The van der Waals surface area contributed by atoms with Gasteiger partial charge in [-0.3, -0.25) is 4.79 Å². The van der Waals surface area contributed by atoms with Crippen LogP contribution in [0.2, 0.25) is 5.21 Å². The van der Waals surface area contributed by atoms with E-state index in [4.69, 9.17) is 56.4 Å². The molecule has 1 heterocycles. The zero-order chi connectivity index (χ0) is 15.7. The monoisotopic (exact) mass is 281 g/mol. The van der Waals surface area contributed by atoms with Crippen LogP contribution in [0, 0.1) is 0 Å². The normalized spacial score (nSPS) is 30.4. The maximum atomic E-state index is 12.5. The smallest absolute Gasteiger partial charge is 0.283 e. The second kappa shape index (κ2) is 4.39. The molecule has 2 nitrogen and oxygen atoms in total. The highest BCUT2D eigenvalue weighted by molar-refractivity contribution is 7.20. The summed E-state index contributed by atoms with van der Waals surface area (Å²) in [6.07, 6.45) is 2.55. The summed E-state index contributed by atoms with van der Waals surface area (Å²) in [6, 6.07) is 0. The third kappa shape index (κ3) is 1.53. The van der Waals surface area contributed by atoms with Crippen molar-refractivity contribution >= 4 is 89.9 Å². The molecule has 21 heavy (non-hydrogen) atoms. The molecular formula is C12H6B6ClNO. The maximum absolute atomic E-state index is 12.5. The minimum absolute atomic E-state index is 0.0894. The molecule has 0 aromatic heterocycles. The summed E-state index contributed by atoms with van der Waals surface area (Å²) >= 11 is 6.49. The fraction of sp³-hybridized carbons (Fsp3) is 0.250. The van der Waals surface area contributed by atoms with Gasteiger partial charge < -0.3 is 5.73 Å². The molecule has 0 bridgehead atoms. The zero-order valence-corrected chi connectivity index (χ0v) is 11.9. The molecule has 1 aliphatic heterocycles. The minimum Gasteiger partial charge on any atom is -0.316 e. The van der Waals surface area contributed by atoms with Crippen LogP contribution in [-0.2, 0) is 10.3 Å². The van der Waals surface area contributed by atoms with Crippen molar-refractivity contribution in [1.29, 1.82) is 0 Å². The summed E-state index contributed by atoms with van der Waals surface area (Å²) in [6.45, 7) is 0. The second-order valence-electron chi connectivity index (χ2n) is 5.63. The Labute approximate surface area is 135 Å². The van der Waals surface area contributed by atoms with Crippen molar-refractivity contribution in [1.82, 2.24) is 0 Å². The van der Waals surface area contributed by atoms with Crippen LogP contribution in [0.4, 0.5) is 0 Å². The standard InChI is InChI=1S/C12H6B6ClNO/c13-6-5-10(9(16)8(15)7(6)14)18(19)11(17)3-1-2-4(21)12(5,11)20/h1-2H,3,20H2. The van der Waals surface area contributed by atoms with Crippen LogP contribution in [0.15, 0.2) is 12.2 Å². The number of carbonyl (C=O) groups excluding carboxylic acids is 1. The van der Waals surface area contributed by atoms with E-state index in [0.717, 1.165) is 0 Å². The van der Waals surface area contributed by atoms with Gasteiger partial charge in [0, 0.05) is 0 Å². The van der Waals surface area contributed by atoms with Gasteiger partial charge in [-0.1, -0.05) is 17.0 Å². The van der Waals surface area contributed by atoms with Crippen LogP contribution in [0.5, 0.6) is 0 Å². The number of nitrogens with two attached hydrogens (primary N) is 1. The van der Waals surface area contributed by atoms with Gasteiger partial charge in [-0.05, 0) is 23.3 Å². The van der Waals surface area contributed by atoms with Crippen molar-refractivity contribution in [2.75, 3.05) is 0 Å². The molecule has 3 rings (SSSR count). The van der Waals surface area contributed by atoms with E-state index < -0.39 is 16.9 Å². The lowest BCUT2D eigenvalue weighted by molar-refractivity contribution is -0.120. The highest BCUT2D eigenvalue weighted by Crippen LogP contribution is 2.53. The predicted molar refractivity (Wildman–Crippen MR) is 92.3 cm³/mol. The summed E-state index contributed by atoms with van der Waals surface area (Å²) < 4.78 is 0. The summed E-state index contributed by atoms with van der Waals surface area (Å²) in [5.74, 6) is -0.379. The number of rotatable bonds is 0. The lowest BCUT2D eigenvalue weighted by Crippen LogP contribution is -2.60. The Morgan fingerprint density at radius 3 is 2.33 bits per heavy atom. The van der Waals surface area contributed by atoms with Gasteiger partial charge in [-0.25, -0.2) is 0 Å². The molecule has 2 atom stereocenters. The first-order valence-corrected chi connectivity index (χ1v) is 6.80. The van der Waals surface area contributed by atoms with Gasteiger partial charge in [-0.15, -0.1) is 16.4 Å². The van der Waals surface area contributed by atoms with Gasteiger partial charge in [0.15, 0.2) is 5.78 Å². The topological polar surface area (TPSA) is 43.1 Å². The van der Waals surface area contributed by atoms with E-state index in [0.29, 0.717) is 17.4 Å². The van der Waals surface area contributed by atoms with E-state index in [9.17, 15) is 4.79 Å². The number of fused-ring (bicyclic) bond motifs is 3. The van der Waals surface area contributed by atoms with Crippen molar-refractivity contribution in [2.24, 2.45) is 5.73 Å². The quantitative estimate of drug-likeness (QED) is 0.491. The molecule has 0 spiro atoms. The first-order chi connectivity index (χ1) is 9.68. The number of hydrogen-bond acceptors (Lipinski definition) is 2. The fourth-order valence-corrected chi connectivity index (χ4v) is 3.83. The molecule has 2 unspecified atom stereocenters. The molecule has 2 aliphatic rings. The van der Waals surface area contributed by atoms with E-state index in [2.05, 4.69) is 0 Å². The van der Waals surface area contributed by atoms with E-state index in [-0.39, 0.29) is 27.6 Å². The number of benzene rings is 1. The zero-order valence-electron chi connectivity index (χ0n) is 11.2. The molecule has 1 aliphatic carbocycles. The molecule has 0 saturated carbocycles. The molecule has 10 radical (unpaired) electrons. The van der Waals surface area contributed by atoms with Crippen LogP contribution in [0.25, 0.3) is 0 Å². The third-order valence-corrected chi connectivity index (χ3v) is 5.25. The summed E-state index contributed by atoms with van der Waals surface area (Å²) in [4.78, 5) is 12.5. The Morgan fingerprint density at radius 2 is 1.71 bits per heavy atom. The van der Waals surface area contributed by atoms with Crippen LogP contribution in [-0.4, -0.2) is 51.1 Å². The van der Waals surface area contributed by atoms with Gasteiger partial charge >= 0.3 is 0 Å². The Kier molecular flexibility index (Phi) is 3.17. The second-order valence-corrected chi connectivity index (χ2v) is 6.06. The van der Waals surface area contributed by atoms with Gasteiger partial charge in [-0.2, -0.15) is 11.5 Å².